The highest BCUT2D eigenvalue weighted by molar-refractivity contribution is 4.67. The lowest BCUT2D eigenvalue weighted by Gasteiger charge is -2.19. The summed E-state index contributed by atoms with van der Waals surface area (Å²) >= 11 is 0. The van der Waals surface area contributed by atoms with E-state index in [0.29, 0.717) is 0 Å². The second-order valence-electron chi connectivity index (χ2n) is 3.36. The first-order valence-electron chi connectivity index (χ1n) is 5.42. The van der Waals surface area contributed by atoms with Gasteiger partial charge in [-0.05, 0) is 32.4 Å². The third-order valence-electron chi connectivity index (χ3n) is 1.97. The molecule has 0 aliphatic rings. The van der Waals surface area contributed by atoms with Gasteiger partial charge in [0.15, 0.2) is 0 Å². The maximum Gasteiger partial charge on any atom is 0.0251 e. The fourth-order valence-electron chi connectivity index (χ4n) is 1.35. The normalized spacial score (nSPS) is 11.0. The predicted octanol–water partition coefficient (Wildman–Crippen LogP) is 3.46. The smallest absolute Gasteiger partial charge is 0.0251 e. The molecule has 0 rings (SSSR count). The summed E-state index contributed by atoms with van der Waals surface area (Å²) in [5, 5.41) is 0. The van der Waals surface area contributed by atoms with Gasteiger partial charge in [-0.1, -0.05) is 33.6 Å². The van der Waals surface area contributed by atoms with Gasteiger partial charge in [-0.15, -0.1) is 0 Å². The van der Waals surface area contributed by atoms with Crippen LogP contribution in [0.5, 0.6) is 0 Å². The summed E-state index contributed by atoms with van der Waals surface area (Å²) in [6, 6.07) is 0. The Kier molecular flexibility index (Phi) is 9.02. The van der Waals surface area contributed by atoms with Crippen molar-refractivity contribution >= 4 is 0 Å². The van der Waals surface area contributed by atoms with Gasteiger partial charge in [0.05, 0.1) is 0 Å². The van der Waals surface area contributed by atoms with Crippen molar-refractivity contribution in [3.8, 4) is 0 Å². The first-order valence-corrected chi connectivity index (χ1v) is 5.42. The van der Waals surface area contributed by atoms with Crippen LogP contribution in [0, 0.1) is 6.54 Å². The summed E-state index contributed by atoms with van der Waals surface area (Å²) in [5.41, 5.74) is 0. The molecule has 0 fully saturated rings. The van der Waals surface area contributed by atoms with Crippen LogP contribution in [0.25, 0.3) is 0 Å². The molecule has 0 aromatic carbocycles. The van der Waals surface area contributed by atoms with Crippen molar-refractivity contribution in [1.29, 1.82) is 0 Å². The Balaban J connectivity index is 3.34. The van der Waals surface area contributed by atoms with E-state index >= 15 is 0 Å². The standard InChI is InChI=1S/C11H24N/c1-4-7-8-11-12(9-5-2)10-6-3/h11H,4-10H2,1-3H3. The molecule has 73 valence electrons. The Bertz CT molecular complexity index is 75.1. The molecule has 1 radical (unpaired) electrons. The summed E-state index contributed by atoms with van der Waals surface area (Å²) in [5.74, 6) is 0. The van der Waals surface area contributed by atoms with Crippen LogP contribution in [0.1, 0.15) is 52.9 Å². The Morgan fingerprint density at radius 1 is 0.917 bits per heavy atom. The van der Waals surface area contributed by atoms with Gasteiger partial charge in [0, 0.05) is 6.54 Å². The van der Waals surface area contributed by atoms with E-state index < -0.39 is 0 Å². The number of rotatable bonds is 8. The van der Waals surface area contributed by atoms with Gasteiger partial charge in [0.25, 0.3) is 0 Å². The van der Waals surface area contributed by atoms with E-state index in [4.69, 9.17) is 0 Å². The highest BCUT2D eigenvalue weighted by Gasteiger charge is 2.00. The average molecular weight is 170 g/mol. The number of hydrogen-bond donors (Lipinski definition) is 0. The van der Waals surface area contributed by atoms with Crippen molar-refractivity contribution in [2.45, 2.75) is 52.9 Å². The van der Waals surface area contributed by atoms with Crippen LogP contribution in [0.4, 0.5) is 0 Å². The molecule has 0 bridgehead atoms. The fraction of sp³-hybridized carbons (Fsp3) is 0.909. The summed E-state index contributed by atoms with van der Waals surface area (Å²) in [4.78, 5) is 2.47. The second kappa shape index (κ2) is 9.05. The fourth-order valence-corrected chi connectivity index (χ4v) is 1.35. The number of hydrogen-bond acceptors (Lipinski definition) is 1. The van der Waals surface area contributed by atoms with Crippen LogP contribution in [0.15, 0.2) is 0 Å². The van der Waals surface area contributed by atoms with Gasteiger partial charge in [-0.3, -0.25) is 4.90 Å². The van der Waals surface area contributed by atoms with Crippen molar-refractivity contribution in [3.05, 3.63) is 6.54 Å². The first-order chi connectivity index (χ1) is 5.85. The van der Waals surface area contributed by atoms with Crippen LogP contribution in [0.2, 0.25) is 0 Å². The lowest BCUT2D eigenvalue weighted by Crippen LogP contribution is -2.22. The minimum absolute atomic E-state index is 1.23. The Hall–Kier alpha value is -0.0400. The summed E-state index contributed by atoms with van der Waals surface area (Å²) in [7, 11) is 0. The lowest BCUT2D eigenvalue weighted by molar-refractivity contribution is 0.322. The third kappa shape index (κ3) is 6.66. The van der Waals surface area contributed by atoms with Gasteiger partial charge >= 0.3 is 0 Å². The van der Waals surface area contributed by atoms with Gasteiger partial charge in [0.2, 0.25) is 0 Å². The molecule has 0 aromatic rings. The SMILES string of the molecule is CCCC[CH]N(CCC)CCC. The van der Waals surface area contributed by atoms with Gasteiger partial charge in [-0.25, -0.2) is 0 Å². The topological polar surface area (TPSA) is 3.24 Å². The molecule has 1 heteroatoms. The molecular weight excluding hydrogens is 146 g/mol. The molecule has 0 aliphatic heterocycles. The Morgan fingerprint density at radius 2 is 1.50 bits per heavy atom. The molecule has 0 heterocycles. The monoisotopic (exact) mass is 170 g/mol. The predicted molar refractivity (Wildman–Crippen MR) is 56.0 cm³/mol. The van der Waals surface area contributed by atoms with Crippen molar-refractivity contribution in [2.75, 3.05) is 13.1 Å². The van der Waals surface area contributed by atoms with Crippen molar-refractivity contribution < 1.29 is 0 Å². The number of nitrogens with zero attached hydrogens (tertiary/aromatic N) is 1. The van der Waals surface area contributed by atoms with E-state index in [1.807, 2.05) is 0 Å². The molecule has 0 aromatic heterocycles. The highest BCUT2D eigenvalue weighted by Crippen LogP contribution is 2.04. The van der Waals surface area contributed by atoms with E-state index in [9.17, 15) is 0 Å². The molecule has 0 saturated carbocycles. The number of unbranched alkanes of at least 4 members (excludes halogenated alkanes) is 2. The molecule has 0 unspecified atom stereocenters. The van der Waals surface area contributed by atoms with Gasteiger partial charge < -0.3 is 0 Å². The molecular formula is C11H24N. The van der Waals surface area contributed by atoms with E-state index in [1.165, 1.54) is 45.2 Å². The van der Waals surface area contributed by atoms with Crippen LogP contribution in [-0.4, -0.2) is 18.0 Å². The highest BCUT2D eigenvalue weighted by atomic mass is 15.1. The van der Waals surface area contributed by atoms with E-state index in [2.05, 4.69) is 32.2 Å². The molecule has 0 spiro atoms. The van der Waals surface area contributed by atoms with E-state index in [1.54, 1.807) is 0 Å². The summed E-state index contributed by atoms with van der Waals surface area (Å²) in [6.07, 6.45) is 6.44. The molecule has 0 amide bonds. The minimum atomic E-state index is 1.23. The molecule has 0 atom stereocenters. The molecule has 0 aliphatic carbocycles. The Morgan fingerprint density at radius 3 is 1.92 bits per heavy atom. The van der Waals surface area contributed by atoms with Crippen molar-refractivity contribution in [2.24, 2.45) is 0 Å². The van der Waals surface area contributed by atoms with Crippen LogP contribution in [0.3, 0.4) is 0 Å². The molecule has 0 N–H and O–H groups in total. The van der Waals surface area contributed by atoms with E-state index in [-0.39, 0.29) is 0 Å². The average Bonchev–Trinajstić information content (AvgIpc) is 2.06. The molecule has 1 nitrogen and oxygen atoms in total. The second-order valence-corrected chi connectivity index (χ2v) is 3.36. The zero-order valence-corrected chi connectivity index (χ0v) is 8.97. The third-order valence-corrected chi connectivity index (χ3v) is 1.97. The van der Waals surface area contributed by atoms with Gasteiger partial charge in [0.1, 0.15) is 0 Å². The summed E-state index contributed by atoms with van der Waals surface area (Å²) in [6.45, 7) is 11.6. The van der Waals surface area contributed by atoms with E-state index in [0.717, 1.165) is 0 Å². The molecule has 12 heavy (non-hydrogen) atoms. The zero-order chi connectivity index (χ0) is 9.23. The Labute approximate surface area is 78.1 Å². The van der Waals surface area contributed by atoms with Crippen molar-refractivity contribution in [3.63, 3.8) is 0 Å². The van der Waals surface area contributed by atoms with Crippen LogP contribution < -0.4 is 0 Å². The lowest BCUT2D eigenvalue weighted by atomic mass is 10.2. The van der Waals surface area contributed by atoms with Crippen LogP contribution in [-0.2, 0) is 0 Å². The maximum atomic E-state index is 2.47. The minimum Gasteiger partial charge on any atom is -0.299 e. The molecule has 0 saturated heterocycles. The largest absolute Gasteiger partial charge is 0.299 e. The zero-order valence-electron chi connectivity index (χ0n) is 8.97. The summed E-state index contributed by atoms with van der Waals surface area (Å²) < 4.78 is 0. The first kappa shape index (κ1) is 12.0. The quantitative estimate of drug-likeness (QED) is 0.504. The van der Waals surface area contributed by atoms with Crippen LogP contribution >= 0.6 is 0 Å². The van der Waals surface area contributed by atoms with Crippen molar-refractivity contribution in [1.82, 2.24) is 4.90 Å². The van der Waals surface area contributed by atoms with Gasteiger partial charge in [-0.2, -0.15) is 0 Å². The maximum absolute atomic E-state index is 2.47.